The van der Waals surface area contributed by atoms with Gasteiger partial charge in [0.1, 0.15) is 0 Å². The molecule has 2 atom stereocenters. The van der Waals surface area contributed by atoms with E-state index in [-0.39, 0.29) is 0 Å². The van der Waals surface area contributed by atoms with Crippen LogP contribution in [0.4, 0.5) is 0 Å². The maximum Gasteiger partial charge on any atom is -0.00205 e. The molecule has 0 saturated carbocycles. The Balaban J connectivity index is 2.11. The maximum absolute atomic E-state index is 3.46. The van der Waals surface area contributed by atoms with Crippen LogP contribution in [0.5, 0.6) is 0 Å². The lowest BCUT2D eigenvalue weighted by atomic mass is 9.83. The SMILES string of the molecule is CC(C)CCCC1CCNCC1C. The highest BCUT2D eigenvalue weighted by atomic mass is 14.9. The Kier molecular flexibility index (Phi) is 4.79. The second-order valence-electron chi connectivity index (χ2n) is 5.05. The molecule has 1 heterocycles. The van der Waals surface area contributed by atoms with Gasteiger partial charge in [0.05, 0.1) is 0 Å². The van der Waals surface area contributed by atoms with E-state index in [1.807, 2.05) is 0 Å². The van der Waals surface area contributed by atoms with Gasteiger partial charge in [-0.15, -0.1) is 0 Å². The van der Waals surface area contributed by atoms with Gasteiger partial charge in [0.15, 0.2) is 0 Å². The van der Waals surface area contributed by atoms with Crippen molar-refractivity contribution in [2.24, 2.45) is 17.8 Å². The van der Waals surface area contributed by atoms with Crippen LogP contribution in [-0.2, 0) is 0 Å². The molecule has 1 aliphatic rings. The van der Waals surface area contributed by atoms with E-state index >= 15 is 0 Å². The number of hydrogen-bond acceptors (Lipinski definition) is 1. The number of rotatable bonds is 4. The largest absolute Gasteiger partial charge is 0.316 e. The summed E-state index contributed by atoms with van der Waals surface area (Å²) in [6, 6.07) is 0. The van der Waals surface area contributed by atoms with Crippen LogP contribution in [0, 0.1) is 17.8 Å². The highest BCUT2D eigenvalue weighted by molar-refractivity contribution is 4.74. The Hall–Kier alpha value is -0.0400. The first-order valence-electron chi connectivity index (χ1n) is 5.91. The Morgan fingerprint density at radius 1 is 1.38 bits per heavy atom. The first-order chi connectivity index (χ1) is 6.20. The van der Waals surface area contributed by atoms with Gasteiger partial charge < -0.3 is 5.32 Å². The van der Waals surface area contributed by atoms with Gasteiger partial charge in [-0.2, -0.15) is 0 Å². The molecule has 0 spiro atoms. The zero-order chi connectivity index (χ0) is 9.68. The van der Waals surface area contributed by atoms with Crippen molar-refractivity contribution in [2.45, 2.75) is 46.5 Å². The van der Waals surface area contributed by atoms with E-state index < -0.39 is 0 Å². The first kappa shape index (κ1) is 11.0. The van der Waals surface area contributed by atoms with Crippen molar-refractivity contribution < 1.29 is 0 Å². The van der Waals surface area contributed by atoms with Crippen molar-refractivity contribution in [3.05, 3.63) is 0 Å². The number of nitrogens with one attached hydrogen (secondary N) is 1. The van der Waals surface area contributed by atoms with E-state index in [0.717, 1.165) is 17.8 Å². The molecule has 1 N–H and O–H groups in total. The second kappa shape index (κ2) is 5.64. The summed E-state index contributed by atoms with van der Waals surface area (Å²) in [5, 5.41) is 3.46. The summed E-state index contributed by atoms with van der Waals surface area (Å²) in [5.74, 6) is 2.79. The predicted octanol–water partition coefficient (Wildman–Crippen LogP) is 3.06. The monoisotopic (exact) mass is 183 g/mol. The van der Waals surface area contributed by atoms with Gasteiger partial charge in [0, 0.05) is 0 Å². The summed E-state index contributed by atoms with van der Waals surface area (Å²) in [7, 11) is 0. The Morgan fingerprint density at radius 2 is 2.15 bits per heavy atom. The number of hydrogen-bond donors (Lipinski definition) is 1. The predicted molar refractivity (Wildman–Crippen MR) is 58.8 cm³/mol. The summed E-state index contributed by atoms with van der Waals surface area (Å²) in [4.78, 5) is 0. The summed E-state index contributed by atoms with van der Waals surface area (Å²) < 4.78 is 0. The fourth-order valence-corrected chi connectivity index (χ4v) is 2.29. The lowest BCUT2D eigenvalue weighted by Crippen LogP contribution is -2.34. The molecule has 0 bridgehead atoms. The van der Waals surface area contributed by atoms with Gasteiger partial charge in [-0.3, -0.25) is 0 Å². The van der Waals surface area contributed by atoms with Gasteiger partial charge in [-0.05, 0) is 37.3 Å². The van der Waals surface area contributed by atoms with Gasteiger partial charge in [-0.1, -0.05) is 40.0 Å². The Labute approximate surface area is 83.3 Å². The van der Waals surface area contributed by atoms with Crippen LogP contribution in [0.3, 0.4) is 0 Å². The molecule has 1 aliphatic heterocycles. The molecule has 0 amide bonds. The normalized spacial score (nSPS) is 29.5. The van der Waals surface area contributed by atoms with Crippen molar-refractivity contribution >= 4 is 0 Å². The topological polar surface area (TPSA) is 12.0 Å². The quantitative estimate of drug-likeness (QED) is 0.706. The molecule has 1 nitrogen and oxygen atoms in total. The van der Waals surface area contributed by atoms with Crippen molar-refractivity contribution in [1.29, 1.82) is 0 Å². The molecule has 0 radical (unpaired) electrons. The molecule has 13 heavy (non-hydrogen) atoms. The average molecular weight is 183 g/mol. The Bertz CT molecular complexity index is 131. The smallest absolute Gasteiger partial charge is 0.00205 e. The fraction of sp³-hybridized carbons (Fsp3) is 1.00. The zero-order valence-electron chi connectivity index (χ0n) is 9.47. The maximum atomic E-state index is 3.46. The van der Waals surface area contributed by atoms with Crippen LogP contribution < -0.4 is 5.32 Å². The minimum Gasteiger partial charge on any atom is -0.316 e. The van der Waals surface area contributed by atoms with Crippen LogP contribution in [0.2, 0.25) is 0 Å². The molecular formula is C12H25N. The van der Waals surface area contributed by atoms with Gasteiger partial charge in [0.25, 0.3) is 0 Å². The minimum atomic E-state index is 0.886. The van der Waals surface area contributed by atoms with E-state index in [0.29, 0.717) is 0 Å². The molecule has 78 valence electrons. The van der Waals surface area contributed by atoms with Crippen LogP contribution >= 0.6 is 0 Å². The first-order valence-corrected chi connectivity index (χ1v) is 5.91. The molecule has 0 aromatic heterocycles. The molecule has 0 aromatic carbocycles. The third-order valence-electron chi connectivity index (χ3n) is 3.32. The molecule has 0 aliphatic carbocycles. The van der Waals surface area contributed by atoms with E-state index in [1.54, 1.807) is 0 Å². The standard InChI is InChI=1S/C12H25N/c1-10(2)5-4-6-12-7-8-13-9-11(12)3/h10-13H,4-9H2,1-3H3. The third kappa shape index (κ3) is 4.12. The molecule has 1 saturated heterocycles. The molecule has 0 aromatic rings. The Morgan fingerprint density at radius 3 is 2.77 bits per heavy atom. The van der Waals surface area contributed by atoms with Crippen molar-refractivity contribution in [3.63, 3.8) is 0 Å². The van der Waals surface area contributed by atoms with Gasteiger partial charge >= 0.3 is 0 Å². The zero-order valence-corrected chi connectivity index (χ0v) is 9.47. The van der Waals surface area contributed by atoms with Crippen LogP contribution in [0.15, 0.2) is 0 Å². The molecule has 2 unspecified atom stereocenters. The summed E-state index contributed by atoms with van der Waals surface area (Å²) in [5.41, 5.74) is 0. The van der Waals surface area contributed by atoms with Gasteiger partial charge in [-0.25, -0.2) is 0 Å². The van der Waals surface area contributed by atoms with E-state index in [4.69, 9.17) is 0 Å². The lowest BCUT2D eigenvalue weighted by molar-refractivity contribution is 0.249. The highest BCUT2D eigenvalue weighted by Gasteiger charge is 2.20. The molecule has 1 rings (SSSR count). The van der Waals surface area contributed by atoms with Crippen molar-refractivity contribution in [1.82, 2.24) is 5.32 Å². The number of piperidine rings is 1. The average Bonchev–Trinajstić information content (AvgIpc) is 2.08. The molecule has 1 fully saturated rings. The van der Waals surface area contributed by atoms with E-state index in [2.05, 4.69) is 26.1 Å². The lowest BCUT2D eigenvalue weighted by Gasteiger charge is -2.29. The summed E-state index contributed by atoms with van der Waals surface area (Å²) >= 11 is 0. The summed E-state index contributed by atoms with van der Waals surface area (Å²) in [6.45, 7) is 9.53. The van der Waals surface area contributed by atoms with Crippen LogP contribution in [0.25, 0.3) is 0 Å². The molecule has 1 heteroatoms. The van der Waals surface area contributed by atoms with E-state index in [1.165, 1.54) is 38.8 Å². The van der Waals surface area contributed by atoms with Gasteiger partial charge in [0.2, 0.25) is 0 Å². The van der Waals surface area contributed by atoms with Crippen molar-refractivity contribution in [2.75, 3.05) is 13.1 Å². The van der Waals surface area contributed by atoms with Crippen LogP contribution in [0.1, 0.15) is 46.5 Å². The molecular weight excluding hydrogens is 158 g/mol. The van der Waals surface area contributed by atoms with Crippen molar-refractivity contribution in [3.8, 4) is 0 Å². The fourth-order valence-electron chi connectivity index (χ4n) is 2.29. The minimum absolute atomic E-state index is 0.886. The highest BCUT2D eigenvalue weighted by Crippen LogP contribution is 2.24. The van der Waals surface area contributed by atoms with E-state index in [9.17, 15) is 0 Å². The van der Waals surface area contributed by atoms with Crippen LogP contribution in [-0.4, -0.2) is 13.1 Å². The third-order valence-corrected chi connectivity index (χ3v) is 3.32. The second-order valence-corrected chi connectivity index (χ2v) is 5.05. The summed E-state index contributed by atoms with van der Waals surface area (Å²) in [6.07, 6.45) is 5.71.